The number of alkyl carbamates (subject to hydrolysis) is 1. The third-order valence-corrected chi connectivity index (χ3v) is 4.88. The van der Waals surface area contributed by atoms with Crippen LogP contribution in [0.3, 0.4) is 0 Å². The molecule has 0 radical (unpaired) electrons. The van der Waals surface area contributed by atoms with E-state index in [1.165, 1.54) is 0 Å². The maximum atomic E-state index is 11.7. The zero-order valence-electron chi connectivity index (χ0n) is 13.4. The second-order valence-corrected chi connectivity index (χ2v) is 6.81. The van der Waals surface area contributed by atoms with Crippen molar-refractivity contribution in [2.75, 3.05) is 6.54 Å². The lowest BCUT2D eigenvalue weighted by atomic mass is 9.86. The van der Waals surface area contributed by atoms with Crippen LogP contribution in [-0.4, -0.2) is 35.9 Å². The van der Waals surface area contributed by atoms with E-state index >= 15 is 0 Å². The minimum atomic E-state index is -0.337. The van der Waals surface area contributed by atoms with E-state index in [0.29, 0.717) is 18.6 Å². The molecule has 2 aliphatic rings. The molecule has 0 bridgehead atoms. The number of rotatable bonds is 6. The van der Waals surface area contributed by atoms with Gasteiger partial charge in [-0.05, 0) is 50.1 Å². The summed E-state index contributed by atoms with van der Waals surface area (Å²) in [6, 6.07) is 10.4. The molecule has 0 aliphatic heterocycles. The van der Waals surface area contributed by atoms with E-state index in [9.17, 15) is 9.90 Å². The molecule has 3 N–H and O–H groups in total. The lowest BCUT2D eigenvalue weighted by Gasteiger charge is -2.36. The van der Waals surface area contributed by atoms with E-state index in [1.807, 2.05) is 30.3 Å². The van der Waals surface area contributed by atoms with E-state index in [2.05, 4.69) is 10.6 Å². The molecular weight excluding hydrogens is 292 g/mol. The first-order valence-electron chi connectivity index (χ1n) is 8.57. The van der Waals surface area contributed by atoms with Crippen LogP contribution in [0.2, 0.25) is 0 Å². The molecule has 126 valence electrons. The molecule has 2 unspecified atom stereocenters. The first-order chi connectivity index (χ1) is 11.2. The van der Waals surface area contributed by atoms with Gasteiger partial charge in [0.25, 0.3) is 0 Å². The molecule has 1 aromatic carbocycles. The number of aliphatic hydroxyl groups excluding tert-OH is 1. The van der Waals surface area contributed by atoms with Crippen molar-refractivity contribution in [3.63, 3.8) is 0 Å². The van der Waals surface area contributed by atoms with Crippen LogP contribution >= 0.6 is 0 Å². The van der Waals surface area contributed by atoms with Gasteiger partial charge < -0.3 is 20.5 Å². The molecule has 5 nitrogen and oxygen atoms in total. The van der Waals surface area contributed by atoms with Gasteiger partial charge in [0.05, 0.1) is 6.10 Å². The molecule has 0 aromatic heterocycles. The normalized spacial score (nSPS) is 29.8. The molecule has 2 saturated carbocycles. The summed E-state index contributed by atoms with van der Waals surface area (Å²) in [5, 5.41) is 16.0. The number of ether oxygens (including phenoxy) is 1. The minimum absolute atomic E-state index is 0.100. The van der Waals surface area contributed by atoms with Gasteiger partial charge in [0.15, 0.2) is 0 Å². The number of hydrogen-bond donors (Lipinski definition) is 3. The number of aliphatic hydroxyl groups is 1. The van der Waals surface area contributed by atoms with Crippen LogP contribution in [-0.2, 0) is 11.3 Å². The van der Waals surface area contributed by atoms with Crippen molar-refractivity contribution in [3.8, 4) is 0 Å². The van der Waals surface area contributed by atoms with Crippen molar-refractivity contribution in [2.45, 2.75) is 56.9 Å². The number of hydrogen-bond acceptors (Lipinski definition) is 4. The van der Waals surface area contributed by atoms with E-state index in [4.69, 9.17) is 4.74 Å². The van der Waals surface area contributed by atoms with Gasteiger partial charge >= 0.3 is 6.09 Å². The second kappa shape index (κ2) is 7.79. The molecule has 2 aliphatic carbocycles. The Labute approximate surface area is 137 Å². The molecule has 0 saturated heterocycles. The molecule has 0 spiro atoms. The fraction of sp³-hybridized carbons (Fsp3) is 0.611. The molecule has 1 amide bonds. The molecule has 3 rings (SSSR count). The Morgan fingerprint density at radius 1 is 1.13 bits per heavy atom. The first kappa shape index (κ1) is 16.3. The van der Waals surface area contributed by atoms with Crippen LogP contribution in [0.4, 0.5) is 4.79 Å². The van der Waals surface area contributed by atoms with Crippen molar-refractivity contribution in [1.29, 1.82) is 0 Å². The maximum absolute atomic E-state index is 11.7. The standard InChI is InChI=1S/C18H26N2O3/c21-17-7-6-14(8-17)11-19-15-9-16(10-15)20-18(22)23-12-13-4-2-1-3-5-13/h1-5,14-17,19,21H,6-12H2,(H,20,22). The zero-order chi connectivity index (χ0) is 16.1. The van der Waals surface area contributed by atoms with Gasteiger partial charge in [0, 0.05) is 12.1 Å². The fourth-order valence-electron chi connectivity index (χ4n) is 3.40. The Morgan fingerprint density at radius 2 is 1.91 bits per heavy atom. The maximum Gasteiger partial charge on any atom is 0.407 e. The lowest BCUT2D eigenvalue weighted by Crippen LogP contribution is -2.53. The fourth-order valence-corrected chi connectivity index (χ4v) is 3.40. The molecule has 2 fully saturated rings. The Morgan fingerprint density at radius 3 is 2.61 bits per heavy atom. The monoisotopic (exact) mass is 318 g/mol. The van der Waals surface area contributed by atoms with Gasteiger partial charge in [0.1, 0.15) is 6.61 Å². The summed E-state index contributed by atoms with van der Waals surface area (Å²) in [6.07, 6.45) is 4.45. The number of benzene rings is 1. The molecule has 2 atom stereocenters. The summed E-state index contributed by atoms with van der Waals surface area (Å²) in [5.74, 6) is 0.604. The number of nitrogens with one attached hydrogen (secondary N) is 2. The molecule has 23 heavy (non-hydrogen) atoms. The lowest BCUT2D eigenvalue weighted by molar-refractivity contribution is 0.125. The second-order valence-electron chi connectivity index (χ2n) is 6.81. The van der Waals surface area contributed by atoms with Gasteiger partial charge in [-0.25, -0.2) is 4.79 Å². The average Bonchev–Trinajstić information content (AvgIpc) is 2.94. The van der Waals surface area contributed by atoms with Crippen LogP contribution in [0.5, 0.6) is 0 Å². The first-order valence-corrected chi connectivity index (χ1v) is 8.57. The van der Waals surface area contributed by atoms with Crippen LogP contribution in [0.25, 0.3) is 0 Å². The Hall–Kier alpha value is -1.59. The van der Waals surface area contributed by atoms with Crippen LogP contribution in [0, 0.1) is 5.92 Å². The van der Waals surface area contributed by atoms with Gasteiger partial charge in [0.2, 0.25) is 0 Å². The van der Waals surface area contributed by atoms with Crippen molar-refractivity contribution in [1.82, 2.24) is 10.6 Å². The summed E-state index contributed by atoms with van der Waals surface area (Å²) in [7, 11) is 0. The van der Waals surface area contributed by atoms with Crippen molar-refractivity contribution in [2.24, 2.45) is 5.92 Å². The smallest absolute Gasteiger partial charge is 0.407 e. The predicted octanol–water partition coefficient (Wildman–Crippen LogP) is 2.19. The Balaban J connectivity index is 1.26. The molecular formula is C18H26N2O3. The van der Waals surface area contributed by atoms with Gasteiger partial charge in [-0.15, -0.1) is 0 Å². The van der Waals surface area contributed by atoms with Crippen molar-refractivity contribution >= 4 is 6.09 Å². The van der Waals surface area contributed by atoms with E-state index in [0.717, 1.165) is 44.2 Å². The van der Waals surface area contributed by atoms with Crippen LogP contribution < -0.4 is 10.6 Å². The molecule has 0 heterocycles. The van der Waals surface area contributed by atoms with Gasteiger partial charge in [-0.3, -0.25) is 0 Å². The third kappa shape index (κ3) is 4.94. The number of carbonyl (C=O) groups is 1. The highest BCUT2D eigenvalue weighted by Crippen LogP contribution is 2.26. The third-order valence-electron chi connectivity index (χ3n) is 4.88. The highest BCUT2D eigenvalue weighted by molar-refractivity contribution is 5.67. The van der Waals surface area contributed by atoms with E-state index in [-0.39, 0.29) is 18.2 Å². The molecule has 5 heteroatoms. The van der Waals surface area contributed by atoms with Crippen LogP contribution in [0.15, 0.2) is 30.3 Å². The topological polar surface area (TPSA) is 70.6 Å². The van der Waals surface area contributed by atoms with Gasteiger partial charge in [-0.2, -0.15) is 0 Å². The highest BCUT2D eigenvalue weighted by atomic mass is 16.5. The largest absolute Gasteiger partial charge is 0.445 e. The van der Waals surface area contributed by atoms with E-state index < -0.39 is 0 Å². The summed E-state index contributed by atoms with van der Waals surface area (Å²) in [6.45, 7) is 1.29. The summed E-state index contributed by atoms with van der Waals surface area (Å²) in [5.41, 5.74) is 0.995. The number of carbonyl (C=O) groups excluding carboxylic acids is 1. The van der Waals surface area contributed by atoms with Crippen LogP contribution in [0.1, 0.15) is 37.7 Å². The SMILES string of the molecule is O=C(NC1CC(NCC2CCC(O)C2)C1)OCc1ccccc1. The van der Waals surface area contributed by atoms with Crippen molar-refractivity contribution < 1.29 is 14.6 Å². The summed E-state index contributed by atoms with van der Waals surface area (Å²) < 4.78 is 5.22. The Kier molecular flexibility index (Phi) is 5.51. The minimum Gasteiger partial charge on any atom is -0.445 e. The zero-order valence-corrected chi connectivity index (χ0v) is 13.4. The summed E-state index contributed by atoms with van der Waals surface area (Å²) >= 11 is 0. The highest BCUT2D eigenvalue weighted by Gasteiger charge is 2.31. The van der Waals surface area contributed by atoms with Gasteiger partial charge in [-0.1, -0.05) is 30.3 Å². The summed E-state index contributed by atoms with van der Waals surface area (Å²) in [4.78, 5) is 11.7. The van der Waals surface area contributed by atoms with Crippen molar-refractivity contribution in [3.05, 3.63) is 35.9 Å². The number of amides is 1. The van der Waals surface area contributed by atoms with E-state index in [1.54, 1.807) is 0 Å². The average molecular weight is 318 g/mol. The molecule has 1 aromatic rings. The Bertz CT molecular complexity index is 502. The quantitative estimate of drug-likeness (QED) is 0.752. The predicted molar refractivity (Wildman–Crippen MR) is 87.9 cm³/mol.